The number of hydrogen-bond donors (Lipinski definition) is 1. The number of anilines is 1. The van der Waals surface area contributed by atoms with E-state index < -0.39 is 22.0 Å². The first kappa shape index (κ1) is 25.4. The zero-order chi connectivity index (χ0) is 23.9. The maximum atomic E-state index is 13.5. The number of benzene rings is 2. The maximum Gasteiger partial charge on any atom is 0.244 e. The quantitative estimate of drug-likeness (QED) is 0.592. The van der Waals surface area contributed by atoms with Crippen molar-refractivity contribution in [2.75, 3.05) is 30.7 Å². The molecule has 0 bridgehead atoms. The molecule has 0 radical (unpaired) electrons. The molecule has 2 aromatic rings. The summed E-state index contributed by atoms with van der Waals surface area (Å²) in [6.07, 6.45) is 2.07. The van der Waals surface area contributed by atoms with Crippen LogP contribution in [0.15, 0.2) is 48.5 Å². The Bertz CT molecular complexity index is 1040. The van der Waals surface area contributed by atoms with Crippen molar-refractivity contribution in [3.63, 3.8) is 0 Å². The van der Waals surface area contributed by atoms with Crippen LogP contribution in [-0.2, 0) is 26.0 Å². The molecule has 2 rings (SSSR count). The normalized spacial score (nSPS) is 12.2. The van der Waals surface area contributed by atoms with Crippen LogP contribution in [0.1, 0.15) is 30.0 Å². The Kier molecular flexibility index (Phi) is 8.83. The van der Waals surface area contributed by atoms with Crippen LogP contribution in [0, 0.1) is 13.8 Å². The molecule has 2 amide bonds. The summed E-state index contributed by atoms with van der Waals surface area (Å²) in [5, 5.41) is 2.62. The summed E-state index contributed by atoms with van der Waals surface area (Å²) in [6, 6.07) is 14.4. The van der Waals surface area contributed by atoms with Crippen molar-refractivity contribution in [2.24, 2.45) is 0 Å². The molecule has 7 nitrogen and oxygen atoms in total. The van der Waals surface area contributed by atoms with Gasteiger partial charge in [-0.3, -0.25) is 13.9 Å². The zero-order valence-corrected chi connectivity index (χ0v) is 20.3. The number of hydrogen-bond acceptors (Lipinski definition) is 4. The van der Waals surface area contributed by atoms with Crippen LogP contribution in [0.2, 0.25) is 0 Å². The molecule has 0 spiro atoms. The van der Waals surface area contributed by atoms with Crippen LogP contribution in [0.5, 0.6) is 0 Å². The van der Waals surface area contributed by atoms with Crippen molar-refractivity contribution in [1.29, 1.82) is 0 Å². The Balaban J connectivity index is 2.38. The molecule has 174 valence electrons. The number of carbonyl (C=O) groups excluding carboxylic acids is 2. The van der Waals surface area contributed by atoms with Gasteiger partial charge in [0.1, 0.15) is 12.6 Å². The second kappa shape index (κ2) is 11.1. The molecule has 0 aromatic heterocycles. The molecule has 0 aliphatic heterocycles. The fraction of sp³-hybridized carbons (Fsp3) is 0.417. The van der Waals surface area contributed by atoms with E-state index in [1.54, 1.807) is 12.1 Å². The van der Waals surface area contributed by atoms with Crippen LogP contribution < -0.4 is 9.62 Å². The summed E-state index contributed by atoms with van der Waals surface area (Å²) in [7, 11) is -2.19. The Labute approximate surface area is 191 Å². The van der Waals surface area contributed by atoms with Gasteiger partial charge in [0.05, 0.1) is 11.9 Å². The Morgan fingerprint density at radius 3 is 2.25 bits per heavy atom. The Hall–Kier alpha value is -2.87. The number of rotatable bonds is 10. The van der Waals surface area contributed by atoms with Crippen LogP contribution in [0.25, 0.3) is 0 Å². The zero-order valence-electron chi connectivity index (χ0n) is 19.5. The van der Waals surface area contributed by atoms with E-state index in [9.17, 15) is 18.0 Å². The molecule has 0 saturated heterocycles. The predicted octanol–water partition coefficient (Wildman–Crippen LogP) is 2.67. The number of likely N-dealkylation sites (N-methyl/N-ethyl adjacent to an activating group) is 1. The molecule has 1 N–H and O–H groups in total. The van der Waals surface area contributed by atoms with Crippen molar-refractivity contribution in [3.8, 4) is 0 Å². The van der Waals surface area contributed by atoms with E-state index in [2.05, 4.69) is 5.32 Å². The highest BCUT2D eigenvalue weighted by Gasteiger charge is 2.31. The minimum Gasteiger partial charge on any atom is -0.357 e. The van der Waals surface area contributed by atoms with Crippen molar-refractivity contribution in [3.05, 3.63) is 65.2 Å². The molecule has 0 aliphatic rings. The summed E-state index contributed by atoms with van der Waals surface area (Å²) in [5.74, 6) is -0.686. The predicted molar refractivity (Wildman–Crippen MR) is 128 cm³/mol. The molecule has 0 aliphatic carbocycles. The highest BCUT2D eigenvalue weighted by Crippen LogP contribution is 2.25. The summed E-state index contributed by atoms with van der Waals surface area (Å²) in [4.78, 5) is 27.5. The van der Waals surface area contributed by atoms with Crippen LogP contribution in [0.3, 0.4) is 0 Å². The number of sulfonamides is 1. The molecule has 0 saturated carbocycles. The second-order valence-corrected chi connectivity index (χ2v) is 9.76. The molecule has 1 atom stereocenters. The number of aryl methyl sites for hydroxylation is 1. The molecule has 0 heterocycles. The maximum absolute atomic E-state index is 13.5. The first-order valence-electron chi connectivity index (χ1n) is 10.7. The number of nitrogens with zero attached hydrogens (tertiary/aromatic N) is 2. The standard InChI is InChI=1S/C24H33N3O4S/c1-6-21(24(29)25-4)26(16-15-20-12-8-7-9-13-20)23(28)17-27(32(5,30)31)22-14-10-11-18(2)19(22)3/h7-14,21H,6,15-17H2,1-5H3,(H,25,29)/t21-/m0/s1. The van der Waals surface area contributed by atoms with Gasteiger partial charge in [-0.1, -0.05) is 49.4 Å². The van der Waals surface area contributed by atoms with Crippen LogP contribution in [0.4, 0.5) is 5.69 Å². The van der Waals surface area contributed by atoms with E-state index in [1.165, 1.54) is 11.9 Å². The third kappa shape index (κ3) is 6.32. The van der Waals surface area contributed by atoms with Crippen LogP contribution in [-0.4, -0.2) is 57.6 Å². The lowest BCUT2D eigenvalue weighted by Gasteiger charge is -2.33. The molecule has 2 aromatic carbocycles. The van der Waals surface area contributed by atoms with Gasteiger partial charge in [0.2, 0.25) is 21.8 Å². The van der Waals surface area contributed by atoms with Gasteiger partial charge in [-0.25, -0.2) is 8.42 Å². The van der Waals surface area contributed by atoms with E-state index in [0.29, 0.717) is 25.1 Å². The SMILES string of the molecule is CC[C@@H](C(=O)NC)N(CCc1ccccc1)C(=O)CN(c1cccc(C)c1C)S(C)(=O)=O. The molecule has 32 heavy (non-hydrogen) atoms. The van der Waals surface area contributed by atoms with E-state index in [4.69, 9.17) is 0 Å². The number of amides is 2. The van der Waals surface area contributed by atoms with E-state index in [1.807, 2.05) is 57.2 Å². The lowest BCUT2D eigenvalue weighted by molar-refractivity contribution is -0.139. The summed E-state index contributed by atoms with van der Waals surface area (Å²) in [5.41, 5.74) is 3.23. The average molecular weight is 460 g/mol. The third-order valence-electron chi connectivity index (χ3n) is 5.64. The summed E-state index contributed by atoms with van der Waals surface area (Å²) in [6.45, 7) is 5.50. The van der Waals surface area contributed by atoms with Gasteiger partial charge in [0.25, 0.3) is 0 Å². The fourth-order valence-corrected chi connectivity index (χ4v) is 4.56. The van der Waals surface area contributed by atoms with Gasteiger partial charge in [0, 0.05) is 13.6 Å². The molecular weight excluding hydrogens is 426 g/mol. The van der Waals surface area contributed by atoms with E-state index in [0.717, 1.165) is 27.3 Å². The highest BCUT2D eigenvalue weighted by molar-refractivity contribution is 7.92. The average Bonchev–Trinajstić information content (AvgIpc) is 2.76. The molecule has 0 unspecified atom stereocenters. The number of carbonyl (C=O) groups is 2. The minimum absolute atomic E-state index is 0.272. The molecule has 8 heteroatoms. The van der Waals surface area contributed by atoms with Crippen molar-refractivity contribution < 1.29 is 18.0 Å². The largest absolute Gasteiger partial charge is 0.357 e. The fourth-order valence-electron chi connectivity index (χ4n) is 3.66. The van der Waals surface area contributed by atoms with E-state index in [-0.39, 0.29) is 12.5 Å². The van der Waals surface area contributed by atoms with E-state index >= 15 is 0 Å². The second-order valence-electron chi connectivity index (χ2n) is 7.85. The van der Waals surface area contributed by atoms with Crippen molar-refractivity contribution in [2.45, 2.75) is 39.7 Å². The van der Waals surface area contributed by atoms with Gasteiger partial charge in [0.15, 0.2) is 0 Å². The van der Waals surface area contributed by atoms with Crippen molar-refractivity contribution >= 4 is 27.5 Å². The smallest absolute Gasteiger partial charge is 0.244 e. The Morgan fingerprint density at radius 1 is 1.03 bits per heavy atom. The first-order valence-corrected chi connectivity index (χ1v) is 12.5. The van der Waals surface area contributed by atoms with Gasteiger partial charge in [-0.2, -0.15) is 0 Å². The molecule has 0 fully saturated rings. The summed E-state index contributed by atoms with van der Waals surface area (Å²) < 4.78 is 26.4. The van der Waals surface area contributed by atoms with Gasteiger partial charge in [-0.15, -0.1) is 0 Å². The monoisotopic (exact) mass is 459 g/mol. The van der Waals surface area contributed by atoms with Gasteiger partial charge in [-0.05, 0) is 49.4 Å². The first-order chi connectivity index (χ1) is 15.1. The minimum atomic E-state index is -3.73. The highest BCUT2D eigenvalue weighted by atomic mass is 32.2. The topological polar surface area (TPSA) is 86.8 Å². The van der Waals surface area contributed by atoms with Gasteiger partial charge >= 0.3 is 0 Å². The van der Waals surface area contributed by atoms with Crippen LogP contribution >= 0.6 is 0 Å². The summed E-state index contributed by atoms with van der Waals surface area (Å²) >= 11 is 0. The van der Waals surface area contributed by atoms with Gasteiger partial charge < -0.3 is 10.2 Å². The number of nitrogens with one attached hydrogen (secondary N) is 1. The Morgan fingerprint density at radius 2 is 1.69 bits per heavy atom. The lowest BCUT2D eigenvalue weighted by Crippen LogP contribution is -2.52. The van der Waals surface area contributed by atoms with Crippen molar-refractivity contribution in [1.82, 2.24) is 10.2 Å². The lowest BCUT2D eigenvalue weighted by atomic mass is 10.1. The molecular formula is C24H33N3O4S. The third-order valence-corrected chi connectivity index (χ3v) is 6.77.